The minimum Gasteiger partial charge on any atom is -0.399 e. The van der Waals surface area contributed by atoms with Crippen molar-refractivity contribution in [2.45, 2.75) is 19.9 Å². The maximum Gasteiger partial charge on any atom is 0.141 e. The third kappa shape index (κ3) is 2.54. The summed E-state index contributed by atoms with van der Waals surface area (Å²) in [5, 5.41) is 0.711. The molecule has 0 saturated heterocycles. The summed E-state index contributed by atoms with van der Waals surface area (Å²) in [6, 6.07) is 11.8. The van der Waals surface area contributed by atoms with Gasteiger partial charge in [0.15, 0.2) is 0 Å². The Morgan fingerprint density at radius 3 is 2.67 bits per heavy atom. The molecule has 0 aliphatic heterocycles. The molecule has 5 heteroatoms. The number of fused-ring (bicyclic) bond motifs is 1. The highest BCUT2D eigenvalue weighted by atomic mass is 79.9. The number of rotatable bonds is 2. The van der Waals surface area contributed by atoms with Crippen LogP contribution in [-0.4, -0.2) is 9.55 Å². The summed E-state index contributed by atoms with van der Waals surface area (Å²) in [6.45, 7) is 4.24. The Balaban J connectivity index is 2.37. The number of benzene rings is 2. The number of para-hydroxylation sites is 1. The highest BCUT2D eigenvalue weighted by molar-refractivity contribution is 9.10. The molecule has 0 aliphatic carbocycles. The van der Waals surface area contributed by atoms with Crippen molar-refractivity contribution in [2.24, 2.45) is 0 Å². The van der Waals surface area contributed by atoms with E-state index in [1.165, 1.54) is 0 Å². The van der Waals surface area contributed by atoms with E-state index < -0.39 is 0 Å². The molecular weight excluding hydrogens is 350 g/mol. The summed E-state index contributed by atoms with van der Waals surface area (Å²) in [5.41, 5.74) is 9.48. The number of aromatic nitrogens is 2. The quantitative estimate of drug-likeness (QED) is 0.628. The van der Waals surface area contributed by atoms with Crippen molar-refractivity contribution in [3.05, 3.63) is 45.9 Å². The summed E-state index contributed by atoms with van der Waals surface area (Å²) < 4.78 is 3.09. The van der Waals surface area contributed by atoms with Crippen LogP contribution in [0.25, 0.3) is 22.4 Å². The second kappa shape index (κ2) is 5.35. The molecule has 3 aromatic rings. The van der Waals surface area contributed by atoms with E-state index in [0.29, 0.717) is 10.7 Å². The molecule has 0 bridgehead atoms. The molecular formula is C16H15BrClN3. The van der Waals surface area contributed by atoms with Gasteiger partial charge in [-0.05, 0) is 44.2 Å². The van der Waals surface area contributed by atoms with Crippen LogP contribution in [0.15, 0.2) is 40.9 Å². The fraction of sp³-hybridized carbons (Fsp3) is 0.188. The first kappa shape index (κ1) is 14.4. The molecule has 1 heterocycles. The Morgan fingerprint density at radius 2 is 2.00 bits per heavy atom. The minimum atomic E-state index is 0.241. The molecule has 108 valence electrons. The number of anilines is 1. The monoisotopic (exact) mass is 363 g/mol. The van der Waals surface area contributed by atoms with E-state index in [0.717, 1.165) is 26.9 Å². The van der Waals surface area contributed by atoms with Crippen LogP contribution < -0.4 is 5.73 Å². The average Bonchev–Trinajstić information content (AvgIpc) is 2.78. The van der Waals surface area contributed by atoms with E-state index in [2.05, 4.69) is 34.3 Å². The molecule has 0 atom stereocenters. The fourth-order valence-corrected chi connectivity index (χ4v) is 3.33. The third-order valence-corrected chi connectivity index (χ3v) is 4.12. The second-order valence-corrected chi connectivity index (χ2v) is 6.60. The van der Waals surface area contributed by atoms with Crippen LogP contribution >= 0.6 is 27.5 Å². The molecule has 2 N–H and O–H groups in total. The van der Waals surface area contributed by atoms with Gasteiger partial charge in [-0.2, -0.15) is 0 Å². The van der Waals surface area contributed by atoms with Gasteiger partial charge >= 0.3 is 0 Å². The summed E-state index contributed by atoms with van der Waals surface area (Å²) in [4.78, 5) is 4.75. The van der Waals surface area contributed by atoms with Crippen molar-refractivity contribution in [2.75, 3.05) is 5.73 Å². The fourth-order valence-electron chi connectivity index (χ4n) is 2.55. The molecule has 0 radical (unpaired) electrons. The average molecular weight is 365 g/mol. The predicted molar refractivity (Wildman–Crippen MR) is 92.7 cm³/mol. The van der Waals surface area contributed by atoms with Gasteiger partial charge in [0, 0.05) is 21.8 Å². The Kier molecular flexibility index (Phi) is 3.68. The maximum absolute atomic E-state index is 6.37. The highest BCUT2D eigenvalue weighted by Gasteiger charge is 2.17. The number of imidazole rings is 1. The summed E-state index contributed by atoms with van der Waals surface area (Å²) in [7, 11) is 0. The standard InChI is InChI=1S/C16H15BrClN3/c1-9(2)21-15-13(18)4-3-5-14(15)20-16(21)10-6-11(17)8-12(19)7-10/h3-9H,19H2,1-2H3. The Morgan fingerprint density at radius 1 is 1.24 bits per heavy atom. The van der Waals surface area contributed by atoms with Gasteiger partial charge in [-0.3, -0.25) is 0 Å². The largest absolute Gasteiger partial charge is 0.399 e. The van der Waals surface area contributed by atoms with E-state index in [9.17, 15) is 0 Å². The van der Waals surface area contributed by atoms with Gasteiger partial charge in [0.1, 0.15) is 5.82 Å². The Bertz CT molecular complexity index is 803. The molecule has 3 rings (SSSR count). The lowest BCUT2D eigenvalue weighted by Crippen LogP contribution is -2.03. The molecule has 0 spiro atoms. The van der Waals surface area contributed by atoms with Crippen LogP contribution in [0.3, 0.4) is 0 Å². The van der Waals surface area contributed by atoms with E-state index in [1.807, 2.05) is 36.4 Å². The van der Waals surface area contributed by atoms with Crippen LogP contribution in [0, 0.1) is 0 Å². The zero-order chi connectivity index (χ0) is 15.1. The SMILES string of the molecule is CC(C)n1c(-c2cc(N)cc(Br)c2)nc2cccc(Cl)c21. The first-order valence-corrected chi connectivity index (χ1v) is 7.87. The zero-order valence-electron chi connectivity index (χ0n) is 11.8. The van der Waals surface area contributed by atoms with E-state index >= 15 is 0 Å². The first-order valence-electron chi connectivity index (χ1n) is 6.70. The van der Waals surface area contributed by atoms with Crippen molar-refractivity contribution < 1.29 is 0 Å². The van der Waals surface area contributed by atoms with Gasteiger partial charge in [-0.25, -0.2) is 4.98 Å². The van der Waals surface area contributed by atoms with Crippen molar-refractivity contribution >= 4 is 44.3 Å². The normalized spacial score (nSPS) is 11.5. The molecule has 3 nitrogen and oxygen atoms in total. The Hall–Kier alpha value is -1.52. The van der Waals surface area contributed by atoms with Gasteiger partial charge < -0.3 is 10.3 Å². The molecule has 1 aromatic heterocycles. The van der Waals surface area contributed by atoms with Crippen LogP contribution in [0.1, 0.15) is 19.9 Å². The van der Waals surface area contributed by atoms with E-state index in [4.69, 9.17) is 22.3 Å². The summed E-state index contributed by atoms with van der Waals surface area (Å²) in [6.07, 6.45) is 0. The summed E-state index contributed by atoms with van der Waals surface area (Å²) in [5.74, 6) is 0.876. The van der Waals surface area contributed by atoms with Gasteiger partial charge in [0.2, 0.25) is 0 Å². The molecule has 0 fully saturated rings. The molecule has 0 saturated carbocycles. The molecule has 21 heavy (non-hydrogen) atoms. The maximum atomic E-state index is 6.37. The van der Waals surface area contributed by atoms with Gasteiger partial charge in [-0.1, -0.05) is 33.6 Å². The molecule has 0 amide bonds. The summed E-state index contributed by atoms with van der Waals surface area (Å²) >= 11 is 9.86. The third-order valence-electron chi connectivity index (χ3n) is 3.36. The number of hydrogen-bond acceptors (Lipinski definition) is 2. The van der Waals surface area contributed by atoms with Gasteiger partial charge in [0.05, 0.1) is 16.1 Å². The van der Waals surface area contributed by atoms with Crippen LogP contribution in [0.5, 0.6) is 0 Å². The van der Waals surface area contributed by atoms with Crippen molar-refractivity contribution in [3.63, 3.8) is 0 Å². The number of nitrogens with two attached hydrogens (primary N) is 1. The lowest BCUT2D eigenvalue weighted by molar-refractivity contribution is 0.624. The van der Waals surface area contributed by atoms with Crippen molar-refractivity contribution in [3.8, 4) is 11.4 Å². The number of halogens is 2. The lowest BCUT2D eigenvalue weighted by Gasteiger charge is -2.14. The van der Waals surface area contributed by atoms with Crippen LogP contribution in [0.2, 0.25) is 5.02 Å². The smallest absolute Gasteiger partial charge is 0.141 e. The molecule has 0 unspecified atom stereocenters. The van der Waals surface area contributed by atoms with E-state index in [1.54, 1.807) is 0 Å². The second-order valence-electron chi connectivity index (χ2n) is 5.28. The van der Waals surface area contributed by atoms with Crippen molar-refractivity contribution in [1.29, 1.82) is 0 Å². The Labute approximate surface area is 136 Å². The highest BCUT2D eigenvalue weighted by Crippen LogP contribution is 2.34. The molecule has 0 aliphatic rings. The zero-order valence-corrected chi connectivity index (χ0v) is 14.1. The number of nitrogen functional groups attached to an aromatic ring is 1. The number of nitrogens with zero attached hydrogens (tertiary/aromatic N) is 2. The molecule has 2 aromatic carbocycles. The number of hydrogen-bond donors (Lipinski definition) is 1. The van der Waals surface area contributed by atoms with Crippen LogP contribution in [-0.2, 0) is 0 Å². The van der Waals surface area contributed by atoms with Gasteiger partial charge in [0.25, 0.3) is 0 Å². The topological polar surface area (TPSA) is 43.8 Å². The van der Waals surface area contributed by atoms with Crippen LogP contribution in [0.4, 0.5) is 5.69 Å². The first-order chi connectivity index (χ1) is 9.97. The predicted octanol–water partition coefficient (Wildman–Crippen LogP) is 5.28. The van der Waals surface area contributed by atoms with Crippen molar-refractivity contribution in [1.82, 2.24) is 9.55 Å². The lowest BCUT2D eigenvalue weighted by atomic mass is 10.2. The van der Waals surface area contributed by atoms with Gasteiger partial charge in [-0.15, -0.1) is 0 Å². The van der Waals surface area contributed by atoms with E-state index in [-0.39, 0.29) is 6.04 Å². The minimum absolute atomic E-state index is 0.241.